The Kier molecular flexibility index (Phi) is 5.16. The molecule has 1 heterocycles. The van der Waals surface area contributed by atoms with E-state index >= 15 is 0 Å². The molecule has 2 aliphatic rings. The molecule has 4 rings (SSSR count). The summed E-state index contributed by atoms with van der Waals surface area (Å²) >= 11 is 0. The van der Waals surface area contributed by atoms with Crippen LogP contribution in [0.1, 0.15) is 49.3 Å². The highest BCUT2D eigenvalue weighted by atomic mass is 16.5. The number of likely N-dealkylation sites (tertiary alicyclic amines) is 1. The Bertz CT molecular complexity index is 879. The van der Waals surface area contributed by atoms with Crippen LogP contribution in [-0.2, 0) is 6.42 Å². The van der Waals surface area contributed by atoms with Gasteiger partial charge in [-0.05, 0) is 62.4 Å². The Balaban J connectivity index is 1.31. The quantitative estimate of drug-likeness (QED) is 0.575. The topological polar surface area (TPSA) is 84.7 Å². The molecule has 6 nitrogen and oxygen atoms in total. The van der Waals surface area contributed by atoms with Gasteiger partial charge in [-0.25, -0.2) is 0 Å². The smallest absolute Gasteiger partial charge is 0.253 e. The Morgan fingerprint density at radius 3 is 2.74 bits per heavy atom. The van der Waals surface area contributed by atoms with Gasteiger partial charge in [-0.2, -0.15) is 0 Å². The molecule has 0 radical (unpaired) electrons. The molecule has 1 saturated heterocycles. The van der Waals surface area contributed by atoms with E-state index in [1.807, 2.05) is 0 Å². The largest absolute Gasteiger partial charge is 0.493 e. The monoisotopic (exact) mass is 369 g/mol. The van der Waals surface area contributed by atoms with Crippen LogP contribution in [0.3, 0.4) is 0 Å². The molecule has 0 saturated carbocycles. The molecule has 1 fully saturated rings. The van der Waals surface area contributed by atoms with Gasteiger partial charge < -0.3 is 15.8 Å². The third-order valence-electron chi connectivity index (χ3n) is 5.86. The molecular weight excluding hydrogens is 342 g/mol. The molecule has 0 spiro atoms. The average molecular weight is 369 g/mol. The van der Waals surface area contributed by atoms with Crippen LogP contribution in [0.5, 0.6) is 5.75 Å². The highest BCUT2D eigenvalue weighted by molar-refractivity contribution is 5.71. The van der Waals surface area contributed by atoms with Crippen molar-refractivity contribution in [1.29, 1.82) is 0 Å². The van der Waals surface area contributed by atoms with Gasteiger partial charge in [0.1, 0.15) is 17.1 Å². The van der Waals surface area contributed by atoms with Gasteiger partial charge in [0.25, 0.3) is 10.9 Å². The van der Waals surface area contributed by atoms with Crippen molar-refractivity contribution in [3.8, 4) is 5.75 Å². The summed E-state index contributed by atoms with van der Waals surface area (Å²) in [5.41, 5.74) is 7.50. The summed E-state index contributed by atoms with van der Waals surface area (Å²) < 4.78 is 6.04. The summed E-state index contributed by atoms with van der Waals surface area (Å²) in [6.45, 7) is 3.54. The van der Waals surface area contributed by atoms with Gasteiger partial charge in [0, 0.05) is 12.6 Å². The predicted octanol–water partition coefficient (Wildman–Crippen LogP) is 2.22. The van der Waals surface area contributed by atoms with Crippen LogP contribution in [0, 0.1) is 0 Å². The van der Waals surface area contributed by atoms with Gasteiger partial charge >= 0.3 is 0 Å². The molecular formula is C21H27N3O3. The van der Waals surface area contributed by atoms with Crippen molar-refractivity contribution in [2.45, 2.75) is 44.6 Å². The number of nitrogens with zero attached hydrogens (tertiary/aromatic N) is 1. The average Bonchev–Trinajstić information content (AvgIpc) is 3.15. The Morgan fingerprint density at radius 1 is 1.15 bits per heavy atom. The van der Waals surface area contributed by atoms with Crippen molar-refractivity contribution in [1.82, 2.24) is 4.90 Å². The van der Waals surface area contributed by atoms with Crippen molar-refractivity contribution < 1.29 is 4.74 Å². The van der Waals surface area contributed by atoms with Crippen LogP contribution >= 0.6 is 0 Å². The molecule has 0 bridgehead atoms. The lowest BCUT2D eigenvalue weighted by Gasteiger charge is -2.32. The number of piperidine rings is 1. The second-order valence-electron chi connectivity index (χ2n) is 7.55. The summed E-state index contributed by atoms with van der Waals surface area (Å²) in [7, 11) is 0. The number of nitrogens with two attached hydrogens (primary N) is 1. The Morgan fingerprint density at radius 2 is 1.96 bits per heavy atom. The molecule has 0 aromatic heterocycles. The second-order valence-corrected chi connectivity index (χ2v) is 7.55. The fourth-order valence-corrected chi connectivity index (χ4v) is 4.40. The van der Waals surface area contributed by atoms with E-state index in [1.54, 1.807) is 0 Å². The first-order valence-electron chi connectivity index (χ1n) is 9.98. The van der Waals surface area contributed by atoms with Crippen molar-refractivity contribution in [3.63, 3.8) is 0 Å². The molecule has 1 atom stereocenters. The van der Waals surface area contributed by atoms with Gasteiger partial charge in [0.05, 0.1) is 6.61 Å². The maximum Gasteiger partial charge on any atom is 0.253 e. The van der Waals surface area contributed by atoms with Crippen LogP contribution in [0.4, 0.5) is 11.4 Å². The molecule has 2 aromatic rings. The van der Waals surface area contributed by atoms with Crippen LogP contribution < -0.4 is 26.6 Å². The van der Waals surface area contributed by atoms with Crippen LogP contribution in [0.15, 0.2) is 27.8 Å². The van der Waals surface area contributed by atoms with E-state index < -0.39 is 10.9 Å². The zero-order valence-electron chi connectivity index (χ0n) is 15.6. The molecule has 27 heavy (non-hydrogen) atoms. The van der Waals surface area contributed by atoms with Gasteiger partial charge in [-0.3, -0.25) is 14.5 Å². The predicted molar refractivity (Wildman–Crippen MR) is 107 cm³/mol. The summed E-state index contributed by atoms with van der Waals surface area (Å²) in [5.74, 6) is 0.987. The summed E-state index contributed by atoms with van der Waals surface area (Å²) in [6, 6.07) is 6.95. The fraction of sp³-hybridized carbons (Fsp3) is 0.524. The minimum atomic E-state index is -0.586. The van der Waals surface area contributed by atoms with Crippen molar-refractivity contribution in [3.05, 3.63) is 49.8 Å². The minimum absolute atomic E-state index is 0.0468. The van der Waals surface area contributed by atoms with E-state index in [-0.39, 0.29) is 11.4 Å². The highest BCUT2D eigenvalue weighted by Crippen LogP contribution is 2.41. The number of hydrogen-bond donors (Lipinski definition) is 2. The van der Waals surface area contributed by atoms with Crippen molar-refractivity contribution >= 4 is 11.4 Å². The van der Waals surface area contributed by atoms with Crippen LogP contribution in [0.25, 0.3) is 0 Å². The first-order chi connectivity index (χ1) is 13.2. The fourth-order valence-electron chi connectivity index (χ4n) is 4.40. The maximum atomic E-state index is 11.4. The van der Waals surface area contributed by atoms with E-state index in [9.17, 15) is 9.59 Å². The number of fused-ring (bicyclic) bond motifs is 1. The maximum absolute atomic E-state index is 11.4. The van der Waals surface area contributed by atoms with Crippen LogP contribution in [0.2, 0.25) is 0 Å². The van der Waals surface area contributed by atoms with Gasteiger partial charge in [-0.15, -0.1) is 0 Å². The van der Waals surface area contributed by atoms with E-state index in [2.05, 4.69) is 28.4 Å². The zero-order valence-corrected chi connectivity index (χ0v) is 15.6. The SMILES string of the molecule is Nc1c(NCCCOc2cccc3c2CCC3N2CCCCC2)c(=O)c1=O. The molecule has 1 unspecified atom stereocenters. The Hall–Kier alpha value is -2.34. The molecule has 3 N–H and O–H groups in total. The van der Waals surface area contributed by atoms with Gasteiger partial charge in [0.2, 0.25) is 0 Å². The van der Waals surface area contributed by atoms with E-state index in [4.69, 9.17) is 10.5 Å². The number of ether oxygens (including phenoxy) is 1. The number of rotatable bonds is 7. The molecule has 2 aromatic carbocycles. The third-order valence-corrected chi connectivity index (χ3v) is 5.86. The third kappa shape index (κ3) is 3.46. The molecule has 144 valence electrons. The Labute approximate surface area is 159 Å². The number of nitrogens with one attached hydrogen (secondary N) is 1. The van der Waals surface area contributed by atoms with Crippen molar-refractivity contribution in [2.75, 3.05) is 37.3 Å². The number of hydrogen-bond acceptors (Lipinski definition) is 6. The number of anilines is 2. The van der Waals surface area contributed by atoms with Crippen molar-refractivity contribution in [2.24, 2.45) is 0 Å². The second kappa shape index (κ2) is 7.72. The number of nitrogen functional groups attached to an aromatic ring is 1. The summed E-state index contributed by atoms with van der Waals surface area (Å²) in [4.78, 5) is 25.1. The lowest BCUT2D eigenvalue weighted by atomic mass is 10.0. The molecule has 0 amide bonds. The normalized spacial score (nSPS) is 19.9. The van der Waals surface area contributed by atoms with Gasteiger partial charge in [0.15, 0.2) is 0 Å². The number of benzene rings is 1. The first kappa shape index (κ1) is 18.0. The summed E-state index contributed by atoms with van der Waals surface area (Å²) in [5, 5.41) is 2.94. The van der Waals surface area contributed by atoms with Crippen LogP contribution in [-0.4, -0.2) is 31.1 Å². The van der Waals surface area contributed by atoms with E-state index in [0.717, 1.165) is 18.6 Å². The minimum Gasteiger partial charge on any atom is -0.493 e. The summed E-state index contributed by atoms with van der Waals surface area (Å²) in [6.07, 6.45) is 6.97. The molecule has 6 heteroatoms. The van der Waals surface area contributed by atoms with E-state index in [1.165, 1.54) is 49.9 Å². The first-order valence-corrected chi connectivity index (χ1v) is 9.98. The standard InChI is InChI=1S/C21H27N3O3/c22-18-19(21(26)20(18)25)23-10-5-13-27-17-7-4-6-14-15(17)8-9-16(14)24-11-2-1-3-12-24/h4,6-7,16,23H,1-3,5,8-13,22H2. The van der Waals surface area contributed by atoms with Gasteiger partial charge in [-0.1, -0.05) is 18.6 Å². The lowest BCUT2D eigenvalue weighted by Crippen LogP contribution is -2.37. The molecule has 1 aliphatic heterocycles. The highest BCUT2D eigenvalue weighted by Gasteiger charge is 2.30. The van der Waals surface area contributed by atoms with E-state index in [0.29, 0.717) is 19.2 Å². The zero-order chi connectivity index (χ0) is 18.8. The molecule has 1 aliphatic carbocycles. The lowest BCUT2D eigenvalue weighted by molar-refractivity contribution is 0.163.